The van der Waals surface area contributed by atoms with Gasteiger partial charge < -0.3 is 0 Å². The van der Waals surface area contributed by atoms with Gasteiger partial charge in [0.1, 0.15) is 35.2 Å². The average molecular weight is 1840 g/mol. The molecule has 0 aliphatic heterocycles. The summed E-state index contributed by atoms with van der Waals surface area (Å²) in [4.78, 5) is 0. The van der Waals surface area contributed by atoms with Crippen molar-refractivity contribution in [1.29, 1.82) is 0 Å². The molecule has 0 saturated heterocycles. The molecule has 5 heteroatoms. The highest BCUT2D eigenvalue weighted by Gasteiger charge is 2.32. The van der Waals surface area contributed by atoms with Gasteiger partial charge in [-0.15, -0.1) is 0 Å². The molecule has 10 aromatic carbocycles. The van der Waals surface area contributed by atoms with E-state index in [2.05, 4.69) is 495 Å². The molecule has 0 amide bonds. The number of fused-ring (bicyclic) bond motifs is 5. The highest BCUT2D eigenvalue weighted by molar-refractivity contribution is 5.99. The standard InChI is InChI=1S/C29H38N.C28H38N.C27H36N.C25H32N.C24H30N/c1-19-14-24(23-10-8-9-11-23)17-27(21(19)3)28-26-13-12-22(18-29(4,5)6)16-25(26)15-20(2)30(28)7;1-18-13-23(28(7,8)9)16-25(20(18)3)26-24-12-11-21(17-27(4,5)6)15-22(24)14-19(2)29(26)10;1-17(2)22-12-18(3)20(5)25(15-22)26-24-11-10-21(16-27(6,7)8)14-23(24)13-19(4)28(26)9;1-16-11-17(2)19(4)23(12-16)24-22-10-9-20(15-25(5,6)7)14-21(22)13-18(3)26(24)8;1-16-8-9-17(2)22(12-16)23-21-11-10-19(15-24(4,5)6)14-20(21)13-18(3)25(23)7/h12-17,23H,8-11,18H2,1-7H3;11-16H,17H2,1-10H3;10-15,17H,16H2,1-9H3;9-14H,15H2,1-8H3;8-14H,15H2,1-7H3/q5*+1. The van der Waals surface area contributed by atoms with E-state index >= 15 is 0 Å². The predicted octanol–water partition coefficient (Wildman–Crippen LogP) is 33.6. The second-order valence-electron chi connectivity index (χ2n) is 49.7. The number of hydrogen-bond acceptors (Lipinski definition) is 0. The Kier molecular flexibility index (Phi) is 32.0. The van der Waals surface area contributed by atoms with Crippen molar-refractivity contribution in [2.24, 2.45) is 62.3 Å². The maximum Gasteiger partial charge on any atom is 0.220 e. The van der Waals surface area contributed by atoms with E-state index in [-0.39, 0.29) is 5.41 Å². The topological polar surface area (TPSA) is 19.4 Å². The summed E-state index contributed by atoms with van der Waals surface area (Å²) < 4.78 is 11.8. The molecule has 0 unspecified atom stereocenters. The highest BCUT2D eigenvalue weighted by Crippen LogP contribution is 2.44. The van der Waals surface area contributed by atoms with Crippen LogP contribution in [0.1, 0.15) is 310 Å². The zero-order chi connectivity index (χ0) is 102. The van der Waals surface area contributed by atoms with Crippen LogP contribution >= 0.6 is 0 Å². The Morgan fingerprint density at radius 2 is 0.522 bits per heavy atom. The summed E-state index contributed by atoms with van der Waals surface area (Å²) >= 11 is 0. The molecular formula is C133H174N5+5. The molecule has 16 rings (SSSR count). The van der Waals surface area contributed by atoms with Crippen molar-refractivity contribution in [2.75, 3.05) is 0 Å². The van der Waals surface area contributed by atoms with E-state index in [0.717, 1.165) is 38.0 Å². The van der Waals surface area contributed by atoms with Gasteiger partial charge in [0.15, 0.2) is 28.5 Å². The van der Waals surface area contributed by atoms with Crippen LogP contribution in [0.15, 0.2) is 188 Å². The Balaban J connectivity index is 0.000000155. The van der Waals surface area contributed by atoms with E-state index in [1.54, 1.807) is 5.56 Å². The Morgan fingerprint density at radius 1 is 0.254 bits per heavy atom. The summed E-state index contributed by atoms with van der Waals surface area (Å²) in [6, 6.07) is 72.7. The van der Waals surface area contributed by atoms with E-state index in [1.807, 2.05) is 0 Å². The zero-order valence-corrected chi connectivity index (χ0v) is 93.7. The lowest BCUT2D eigenvalue weighted by molar-refractivity contribution is -0.665. The quantitative estimate of drug-likeness (QED) is 0.109. The lowest BCUT2D eigenvalue weighted by atomic mass is 9.82. The van der Waals surface area contributed by atoms with Gasteiger partial charge in [-0.2, -0.15) is 22.8 Å². The average Bonchev–Trinajstić information content (AvgIpc) is 0.805. The van der Waals surface area contributed by atoms with Gasteiger partial charge >= 0.3 is 0 Å². The van der Waals surface area contributed by atoms with Gasteiger partial charge in [0, 0.05) is 70.5 Å². The van der Waals surface area contributed by atoms with Crippen molar-refractivity contribution >= 4 is 53.9 Å². The molecule has 1 aliphatic carbocycles. The lowest BCUT2D eigenvalue weighted by Gasteiger charge is -2.22. The largest absolute Gasteiger partial charge is 0.220 e. The first-order valence-corrected chi connectivity index (χ1v) is 51.7. The summed E-state index contributed by atoms with van der Waals surface area (Å²) in [5.74, 6) is 1.26. The van der Waals surface area contributed by atoms with Crippen molar-refractivity contribution in [3.05, 3.63) is 322 Å². The van der Waals surface area contributed by atoms with Gasteiger partial charge in [-0.3, -0.25) is 0 Å². The van der Waals surface area contributed by atoms with Gasteiger partial charge in [0.05, 0.1) is 49.2 Å². The number of pyridine rings is 5. The molecule has 0 N–H and O–H groups in total. The minimum absolute atomic E-state index is 0.130. The molecule has 138 heavy (non-hydrogen) atoms. The molecule has 0 bridgehead atoms. The van der Waals surface area contributed by atoms with Crippen LogP contribution < -0.4 is 22.8 Å². The van der Waals surface area contributed by atoms with Crippen molar-refractivity contribution in [2.45, 2.75) is 324 Å². The third-order valence-electron chi connectivity index (χ3n) is 29.6. The fourth-order valence-corrected chi connectivity index (χ4v) is 21.3. The molecule has 5 nitrogen and oxygen atoms in total. The van der Waals surface area contributed by atoms with Gasteiger partial charge in [-0.25, -0.2) is 0 Å². The molecule has 0 radical (unpaired) electrons. The van der Waals surface area contributed by atoms with Crippen LogP contribution in [0.4, 0.5) is 0 Å². The predicted molar refractivity (Wildman–Crippen MR) is 598 cm³/mol. The lowest BCUT2D eigenvalue weighted by Crippen LogP contribution is -2.35. The molecule has 5 aromatic heterocycles. The minimum atomic E-state index is 0.130. The number of rotatable bonds is 12. The van der Waals surface area contributed by atoms with Gasteiger partial charge in [-0.05, 0) is 348 Å². The SMILES string of the molecule is Cc1cc(C(C)(C)C)cc(-c2c3ccc(CC(C)(C)C)cc3cc(C)[n+]2C)c1C.Cc1cc(C(C)C)cc(-c2c3ccc(CC(C)(C)C)cc3cc(C)[n+]2C)c1C.Cc1cc(C)c(C)c(-c2c3ccc(CC(C)(C)C)cc3cc(C)[n+]2C)c1.Cc1cc(C2CCCC2)cc(-c2c3ccc(CC(C)(C)C)cc3cc(C)[n+]2C)c1C.Cc1ccc(C)c(-c2c3ccc(CC(C)(C)C)cc3cc(C)[n+]2C)c1. The van der Waals surface area contributed by atoms with Gasteiger partial charge in [-0.1, -0.05) is 260 Å². The maximum atomic E-state index is 2.51. The van der Waals surface area contributed by atoms with Crippen LogP contribution in [0, 0.1) is 138 Å². The first kappa shape index (κ1) is 106. The Bertz CT molecular complexity index is 7100. The van der Waals surface area contributed by atoms with Crippen LogP contribution in [-0.4, -0.2) is 0 Å². The van der Waals surface area contributed by atoms with E-state index in [4.69, 9.17) is 0 Å². The van der Waals surface area contributed by atoms with Crippen LogP contribution in [0.2, 0.25) is 0 Å². The van der Waals surface area contributed by atoms with Crippen LogP contribution in [0.5, 0.6) is 0 Å². The molecular weight excluding hydrogens is 1670 g/mol. The number of hydrogen-bond donors (Lipinski definition) is 0. The molecule has 0 atom stereocenters. The first-order valence-electron chi connectivity index (χ1n) is 51.7. The summed E-state index contributed by atoms with van der Waals surface area (Å²) in [6.45, 7) is 81.8. The van der Waals surface area contributed by atoms with Crippen molar-refractivity contribution in [3.63, 3.8) is 0 Å². The van der Waals surface area contributed by atoms with Crippen molar-refractivity contribution in [1.82, 2.24) is 0 Å². The fourth-order valence-electron chi connectivity index (χ4n) is 21.3. The van der Waals surface area contributed by atoms with Crippen LogP contribution in [0.25, 0.3) is 110 Å². The molecule has 1 saturated carbocycles. The monoisotopic (exact) mass is 1840 g/mol. The Morgan fingerprint density at radius 3 is 0.826 bits per heavy atom. The van der Waals surface area contributed by atoms with E-state index in [1.165, 1.54) is 264 Å². The van der Waals surface area contributed by atoms with Crippen molar-refractivity contribution < 1.29 is 22.8 Å². The number of aryl methyl sites for hydroxylation is 12. The second-order valence-corrected chi connectivity index (χ2v) is 49.7. The number of aromatic nitrogens is 5. The zero-order valence-electron chi connectivity index (χ0n) is 93.7. The minimum Gasteiger partial charge on any atom is -0.198 e. The normalized spacial score (nSPS) is 12.9. The van der Waals surface area contributed by atoms with E-state index < -0.39 is 0 Å². The molecule has 1 fully saturated rings. The number of benzene rings is 10. The summed E-state index contributed by atoms with van der Waals surface area (Å²) in [5, 5.41) is 13.5. The first-order chi connectivity index (χ1) is 64.1. The molecule has 5 heterocycles. The number of nitrogens with zero attached hydrogens (tertiary/aromatic N) is 5. The maximum absolute atomic E-state index is 2.51. The molecule has 0 spiro atoms. The second kappa shape index (κ2) is 41.6. The molecule has 726 valence electrons. The highest BCUT2D eigenvalue weighted by atomic mass is 15.0. The van der Waals surface area contributed by atoms with Crippen LogP contribution in [-0.2, 0) is 72.8 Å². The molecule has 1 aliphatic rings. The Labute approximate surface area is 836 Å². The summed E-state index contributed by atoms with van der Waals surface area (Å²) in [6.07, 6.45) is 10.9. The smallest absolute Gasteiger partial charge is 0.198 e. The molecule has 15 aromatic rings. The fraction of sp³-hybridized carbons (Fsp3) is 0.436. The van der Waals surface area contributed by atoms with Crippen molar-refractivity contribution in [3.8, 4) is 56.3 Å². The van der Waals surface area contributed by atoms with Gasteiger partial charge in [0.2, 0.25) is 28.5 Å². The van der Waals surface area contributed by atoms with Crippen LogP contribution in [0.3, 0.4) is 0 Å². The van der Waals surface area contributed by atoms with E-state index in [9.17, 15) is 0 Å². The third-order valence-corrected chi connectivity index (χ3v) is 29.6. The summed E-state index contributed by atoms with van der Waals surface area (Å²) in [5.41, 5.74) is 48.1. The van der Waals surface area contributed by atoms with E-state index in [0.29, 0.717) is 33.0 Å². The third kappa shape index (κ3) is 25.2. The van der Waals surface area contributed by atoms with Gasteiger partial charge in [0.25, 0.3) is 0 Å². The Hall–Kier alpha value is -10.8. The summed E-state index contributed by atoms with van der Waals surface area (Å²) in [7, 11) is 11.0.